The Bertz CT molecular complexity index is 586. The van der Waals surface area contributed by atoms with Crippen molar-refractivity contribution < 1.29 is 52.9 Å². The Morgan fingerprint density at radius 2 is 0.743 bits per heavy atom. The molecule has 0 aromatic carbocycles. The first-order valence-electron chi connectivity index (χ1n) is 13.1. The maximum Gasteiger partial charge on any atom is 2.00 e. The van der Waals surface area contributed by atoms with Gasteiger partial charge in [-0.1, -0.05) is 117 Å². The van der Waals surface area contributed by atoms with Gasteiger partial charge in [0.15, 0.2) is 0 Å². The average Bonchev–Trinajstić information content (AvgIpc) is 2.70. The van der Waals surface area contributed by atoms with Gasteiger partial charge >= 0.3 is 16.8 Å². The summed E-state index contributed by atoms with van der Waals surface area (Å²) < 4.78 is 62.2. The largest absolute Gasteiger partial charge is 2.00 e. The molecule has 8 nitrogen and oxygen atoms in total. The Morgan fingerprint density at radius 1 is 0.514 bits per heavy atom. The van der Waals surface area contributed by atoms with Gasteiger partial charge in [-0.2, -0.15) is 0 Å². The molecule has 0 heterocycles. The minimum absolute atomic E-state index is 0. The average molecular weight is 590 g/mol. The second kappa shape index (κ2) is 25.9. The molecule has 35 heavy (non-hydrogen) atoms. The van der Waals surface area contributed by atoms with Crippen LogP contribution in [0, 0.1) is 0 Å². The zero-order valence-electron chi connectivity index (χ0n) is 21.8. The van der Waals surface area contributed by atoms with Crippen LogP contribution < -0.4 is 0 Å². The van der Waals surface area contributed by atoms with Crippen molar-refractivity contribution in [3.8, 4) is 0 Å². The first-order valence-corrected chi connectivity index (χ1v) is 16.3. The Hall–Kier alpha value is 0.246. The van der Waals surface area contributed by atoms with Crippen LogP contribution in [0.5, 0.6) is 0 Å². The SMILES string of the molecule is CCCCCCCCCCC(O)CS(=O)(=O)[O-].CCCCCCCCCCC(O)CS(=O)(=O)[O-].[Co+2]. The summed E-state index contributed by atoms with van der Waals surface area (Å²) in [6.07, 6.45) is 17.3. The smallest absolute Gasteiger partial charge is 0.748 e. The van der Waals surface area contributed by atoms with E-state index in [4.69, 9.17) is 0 Å². The van der Waals surface area contributed by atoms with E-state index in [1.54, 1.807) is 0 Å². The van der Waals surface area contributed by atoms with E-state index in [1.165, 1.54) is 64.2 Å². The predicted molar refractivity (Wildman–Crippen MR) is 136 cm³/mol. The van der Waals surface area contributed by atoms with Crippen molar-refractivity contribution in [3.05, 3.63) is 0 Å². The molecule has 0 saturated heterocycles. The maximum atomic E-state index is 10.4. The summed E-state index contributed by atoms with van der Waals surface area (Å²) in [4.78, 5) is 0. The van der Waals surface area contributed by atoms with Crippen LogP contribution in [0.25, 0.3) is 0 Å². The van der Waals surface area contributed by atoms with Crippen molar-refractivity contribution in [2.75, 3.05) is 11.5 Å². The molecule has 0 aliphatic carbocycles. The van der Waals surface area contributed by atoms with Crippen molar-refractivity contribution >= 4 is 20.2 Å². The molecular weight excluding hydrogens is 539 g/mol. The van der Waals surface area contributed by atoms with E-state index in [9.17, 15) is 36.2 Å². The molecule has 1 radical (unpaired) electrons. The van der Waals surface area contributed by atoms with E-state index >= 15 is 0 Å². The molecule has 0 bridgehead atoms. The van der Waals surface area contributed by atoms with Crippen LogP contribution in [0.4, 0.5) is 0 Å². The molecular formula is C24H50CoO8S2. The summed E-state index contributed by atoms with van der Waals surface area (Å²) in [5.41, 5.74) is 0. The fourth-order valence-electron chi connectivity index (χ4n) is 3.67. The zero-order valence-corrected chi connectivity index (χ0v) is 24.5. The van der Waals surface area contributed by atoms with E-state index in [1.807, 2.05) is 0 Å². The molecule has 0 rings (SSSR count). The number of hydrogen-bond donors (Lipinski definition) is 2. The zero-order chi connectivity index (χ0) is 26.3. The topological polar surface area (TPSA) is 155 Å². The predicted octanol–water partition coefficient (Wildman–Crippen LogP) is 4.84. The molecule has 2 N–H and O–H groups in total. The first-order chi connectivity index (χ1) is 15.9. The quantitative estimate of drug-likeness (QED) is 0.134. The van der Waals surface area contributed by atoms with Gasteiger partial charge in [0.1, 0.15) is 0 Å². The van der Waals surface area contributed by atoms with E-state index in [2.05, 4.69) is 13.8 Å². The summed E-state index contributed by atoms with van der Waals surface area (Å²) in [6.45, 7) is 4.37. The van der Waals surface area contributed by atoms with Gasteiger partial charge in [-0.05, 0) is 12.8 Å². The van der Waals surface area contributed by atoms with Gasteiger partial charge in [0, 0.05) is 0 Å². The molecule has 0 aliphatic heterocycles. The van der Waals surface area contributed by atoms with Gasteiger partial charge in [0.2, 0.25) is 0 Å². The Morgan fingerprint density at radius 3 is 0.971 bits per heavy atom. The second-order valence-corrected chi connectivity index (χ2v) is 12.2. The standard InChI is InChI=1S/2C12H26O4S.Co/c2*1-2-3-4-5-6-7-8-9-10-12(13)11-17(14,15)16;/h2*12-13H,2-11H2,1H3,(H,14,15,16);/q;;+2/p-2. The van der Waals surface area contributed by atoms with Crippen LogP contribution in [0.15, 0.2) is 0 Å². The molecule has 0 saturated carbocycles. The third-order valence-corrected chi connectivity index (χ3v) is 7.16. The van der Waals surface area contributed by atoms with E-state index in [-0.39, 0.29) is 16.8 Å². The molecule has 0 fully saturated rings. The summed E-state index contributed by atoms with van der Waals surface area (Å²) in [6, 6.07) is 0. The monoisotopic (exact) mass is 589 g/mol. The Kier molecular flexibility index (Phi) is 29.4. The molecule has 2 atom stereocenters. The minimum Gasteiger partial charge on any atom is -0.748 e. The van der Waals surface area contributed by atoms with Crippen LogP contribution in [-0.4, -0.2) is 59.9 Å². The molecule has 11 heteroatoms. The van der Waals surface area contributed by atoms with Crippen LogP contribution in [0.3, 0.4) is 0 Å². The van der Waals surface area contributed by atoms with Crippen LogP contribution in [0.2, 0.25) is 0 Å². The van der Waals surface area contributed by atoms with Gasteiger partial charge in [-0.15, -0.1) is 0 Å². The molecule has 0 aliphatic rings. The van der Waals surface area contributed by atoms with Gasteiger partial charge in [-0.25, -0.2) is 16.8 Å². The number of hydrogen-bond acceptors (Lipinski definition) is 8. The van der Waals surface area contributed by atoms with Crippen LogP contribution in [0.1, 0.15) is 129 Å². The Labute approximate surface area is 225 Å². The van der Waals surface area contributed by atoms with E-state index in [0.717, 1.165) is 38.5 Å². The van der Waals surface area contributed by atoms with E-state index < -0.39 is 43.9 Å². The van der Waals surface area contributed by atoms with Crippen molar-refractivity contribution in [2.45, 2.75) is 142 Å². The molecule has 0 aromatic rings. The maximum absolute atomic E-state index is 10.4. The summed E-state index contributed by atoms with van der Waals surface area (Å²) in [5, 5.41) is 18.6. The summed E-state index contributed by atoms with van der Waals surface area (Å²) in [5.74, 6) is -1.30. The number of aliphatic hydroxyl groups is 2. The van der Waals surface area contributed by atoms with Gasteiger partial charge in [-0.3, -0.25) is 0 Å². The summed E-state index contributed by atoms with van der Waals surface area (Å²) in [7, 11) is -8.56. The summed E-state index contributed by atoms with van der Waals surface area (Å²) >= 11 is 0. The first kappa shape index (κ1) is 39.8. The molecule has 0 aromatic heterocycles. The fourth-order valence-corrected chi connectivity index (χ4v) is 4.94. The van der Waals surface area contributed by atoms with Crippen molar-refractivity contribution in [1.29, 1.82) is 0 Å². The molecule has 0 amide bonds. The van der Waals surface area contributed by atoms with E-state index in [0.29, 0.717) is 12.8 Å². The number of unbranched alkanes of at least 4 members (excludes halogenated alkanes) is 14. The van der Waals surface area contributed by atoms with Crippen LogP contribution in [-0.2, 0) is 37.0 Å². The minimum atomic E-state index is -4.28. The Balaban J connectivity index is -0.000000569. The molecule has 2 unspecified atom stereocenters. The van der Waals surface area contributed by atoms with Crippen molar-refractivity contribution in [3.63, 3.8) is 0 Å². The second-order valence-electron chi connectivity index (χ2n) is 9.28. The molecule has 0 spiro atoms. The molecule has 215 valence electrons. The van der Waals surface area contributed by atoms with Gasteiger partial charge in [0.05, 0.1) is 43.9 Å². The fraction of sp³-hybridized carbons (Fsp3) is 1.00. The van der Waals surface area contributed by atoms with Gasteiger partial charge < -0.3 is 19.3 Å². The van der Waals surface area contributed by atoms with Crippen LogP contribution >= 0.6 is 0 Å². The third-order valence-electron chi connectivity index (χ3n) is 5.57. The van der Waals surface area contributed by atoms with Crippen molar-refractivity contribution in [2.24, 2.45) is 0 Å². The van der Waals surface area contributed by atoms with Crippen molar-refractivity contribution in [1.82, 2.24) is 0 Å². The van der Waals surface area contributed by atoms with Gasteiger partial charge in [0.25, 0.3) is 0 Å². The number of aliphatic hydroxyl groups excluding tert-OH is 2. The number of rotatable bonds is 22. The normalized spacial score (nSPS) is 13.4. The third kappa shape index (κ3) is 38.9.